The highest BCUT2D eigenvalue weighted by Gasteiger charge is 2.43. The summed E-state index contributed by atoms with van der Waals surface area (Å²) in [5, 5.41) is 64.3. The molecule has 0 saturated heterocycles. The van der Waals surface area contributed by atoms with Crippen LogP contribution in [0.25, 0.3) is 6.08 Å². The fraction of sp³-hybridized carbons (Fsp3) is 0.200. The zero-order valence-electron chi connectivity index (χ0n) is 26.9. The molecule has 246 valence electrons. The van der Waals surface area contributed by atoms with Crippen LogP contribution < -0.4 is 0 Å². The van der Waals surface area contributed by atoms with Crippen molar-refractivity contribution in [2.24, 2.45) is 5.92 Å². The number of aromatic hydroxyl groups is 6. The summed E-state index contributed by atoms with van der Waals surface area (Å²) in [6, 6.07) is 18.0. The predicted octanol–water partition coefficient (Wildman–Crippen LogP) is 8.04. The zero-order chi connectivity index (χ0) is 34.7. The third-order valence-corrected chi connectivity index (χ3v) is 8.80. The van der Waals surface area contributed by atoms with Gasteiger partial charge in [-0.1, -0.05) is 53.6 Å². The average Bonchev–Trinajstić information content (AvgIpc) is 3.04. The average molecular weight is 647 g/mol. The Labute approximate surface area is 278 Å². The van der Waals surface area contributed by atoms with Crippen LogP contribution in [-0.2, 0) is 6.42 Å². The molecule has 0 fully saturated rings. The molecule has 0 aliphatic heterocycles. The van der Waals surface area contributed by atoms with Crippen LogP contribution in [0.1, 0.15) is 82.0 Å². The first kappa shape index (κ1) is 33.6. The van der Waals surface area contributed by atoms with Gasteiger partial charge in [0.25, 0.3) is 0 Å². The number of hydrogen-bond donors (Lipinski definition) is 6. The van der Waals surface area contributed by atoms with E-state index in [1.165, 1.54) is 60.7 Å². The maximum atomic E-state index is 14.7. The van der Waals surface area contributed by atoms with Crippen molar-refractivity contribution in [3.8, 4) is 34.5 Å². The Morgan fingerprint density at radius 1 is 0.750 bits per heavy atom. The molecular formula is C40H38O8. The van der Waals surface area contributed by atoms with Gasteiger partial charge in [0.1, 0.15) is 34.5 Å². The molecule has 1 aliphatic rings. The number of phenolic OH excluding ortho intramolecular Hbond substituents is 6. The minimum Gasteiger partial charge on any atom is -0.508 e. The molecule has 8 nitrogen and oxygen atoms in total. The summed E-state index contributed by atoms with van der Waals surface area (Å²) in [4.78, 5) is 28.0. The maximum absolute atomic E-state index is 14.7. The van der Waals surface area contributed by atoms with Crippen molar-refractivity contribution in [2.75, 3.05) is 0 Å². The Hall–Kier alpha value is -5.76. The van der Waals surface area contributed by atoms with Crippen LogP contribution in [0.15, 0.2) is 102 Å². The number of rotatable bonds is 9. The lowest BCUT2D eigenvalue weighted by Gasteiger charge is -2.37. The number of ketones is 2. The molecule has 6 N–H and O–H groups in total. The van der Waals surface area contributed by atoms with Gasteiger partial charge < -0.3 is 30.6 Å². The summed E-state index contributed by atoms with van der Waals surface area (Å²) in [5.74, 6) is -4.66. The van der Waals surface area contributed by atoms with Gasteiger partial charge in [0.15, 0.2) is 11.6 Å². The number of benzene rings is 4. The number of Topliss-reactive ketones (excluding diaryl/α,β-unsaturated/α-hetero) is 1. The van der Waals surface area contributed by atoms with Crippen molar-refractivity contribution >= 4 is 17.6 Å². The quantitative estimate of drug-likeness (QED) is 0.0606. The van der Waals surface area contributed by atoms with E-state index < -0.39 is 35.1 Å². The minimum absolute atomic E-state index is 0.0110. The molecule has 0 unspecified atom stereocenters. The third kappa shape index (κ3) is 6.98. The van der Waals surface area contributed by atoms with E-state index in [1.807, 2.05) is 26.8 Å². The van der Waals surface area contributed by atoms with Gasteiger partial charge in [0, 0.05) is 23.0 Å². The Kier molecular flexibility index (Phi) is 9.75. The normalized spacial score (nSPS) is 17.6. The molecule has 0 bridgehead atoms. The Morgan fingerprint density at radius 2 is 1.35 bits per heavy atom. The number of allylic oxidation sites excluding steroid dienone is 5. The van der Waals surface area contributed by atoms with Gasteiger partial charge in [-0.15, -0.1) is 0 Å². The van der Waals surface area contributed by atoms with Crippen LogP contribution in [0.2, 0.25) is 0 Å². The van der Waals surface area contributed by atoms with Crippen LogP contribution in [0.5, 0.6) is 34.5 Å². The summed E-state index contributed by atoms with van der Waals surface area (Å²) < 4.78 is 0. The maximum Gasteiger partial charge on any atom is 0.189 e. The summed E-state index contributed by atoms with van der Waals surface area (Å²) in [6.07, 6.45) is 7.04. The lowest BCUT2D eigenvalue weighted by atomic mass is 9.65. The van der Waals surface area contributed by atoms with E-state index in [0.29, 0.717) is 12.0 Å². The van der Waals surface area contributed by atoms with Gasteiger partial charge in [-0.2, -0.15) is 0 Å². The second kappa shape index (κ2) is 13.9. The smallest absolute Gasteiger partial charge is 0.189 e. The van der Waals surface area contributed by atoms with E-state index in [0.717, 1.165) is 16.7 Å². The van der Waals surface area contributed by atoms with Gasteiger partial charge in [-0.25, -0.2) is 0 Å². The van der Waals surface area contributed by atoms with E-state index in [4.69, 9.17) is 0 Å². The molecule has 0 amide bonds. The second-order valence-corrected chi connectivity index (χ2v) is 12.5. The van der Waals surface area contributed by atoms with E-state index in [1.54, 1.807) is 30.3 Å². The van der Waals surface area contributed by atoms with Crippen molar-refractivity contribution in [2.45, 2.75) is 45.4 Å². The molecule has 0 radical (unpaired) electrons. The standard InChI is InChI=1S/C40H38O8/c1-22(2)4-14-28-34(44)18-16-30(38(28)46)40(48)36-31(25-8-12-27(42)13-9-25)20-23(3)21-32(36)37-35(45)19-15-29(39(37)47)33(43)17-7-24-5-10-26(41)11-6-24/h4-13,15-19,21,31-32,36,41-42,44-47H,14,20H2,1-3H3/b17-7+/t31-,32-,36-/m1/s1. The molecule has 4 aromatic rings. The lowest BCUT2D eigenvalue weighted by molar-refractivity contribution is 0.0877. The molecule has 0 heterocycles. The summed E-state index contributed by atoms with van der Waals surface area (Å²) in [6.45, 7) is 5.64. The second-order valence-electron chi connectivity index (χ2n) is 12.5. The van der Waals surface area contributed by atoms with Gasteiger partial charge in [0.05, 0.1) is 11.1 Å². The molecule has 48 heavy (non-hydrogen) atoms. The Balaban J connectivity index is 1.65. The van der Waals surface area contributed by atoms with Crippen molar-refractivity contribution in [3.63, 3.8) is 0 Å². The number of carbonyl (C=O) groups is 2. The summed E-state index contributed by atoms with van der Waals surface area (Å²) in [7, 11) is 0. The highest BCUT2D eigenvalue weighted by atomic mass is 16.3. The van der Waals surface area contributed by atoms with Crippen molar-refractivity contribution in [1.29, 1.82) is 0 Å². The first-order valence-corrected chi connectivity index (χ1v) is 15.6. The fourth-order valence-corrected chi connectivity index (χ4v) is 6.34. The molecule has 1 aliphatic carbocycles. The number of phenols is 6. The van der Waals surface area contributed by atoms with Crippen LogP contribution in [0.4, 0.5) is 0 Å². The van der Waals surface area contributed by atoms with Crippen molar-refractivity contribution in [3.05, 3.63) is 136 Å². The van der Waals surface area contributed by atoms with Gasteiger partial charge in [-0.05, 0) is 105 Å². The zero-order valence-corrected chi connectivity index (χ0v) is 26.9. The summed E-state index contributed by atoms with van der Waals surface area (Å²) >= 11 is 0. The summed E-state index contributed by atoms with van der Waals surface area (Å²) in [5.41, 5.74) is 3.26. The van der Waals surface area contributed by atoms with E-state index in [-0.39, 0.29) is 57.4 Å². The van der Waals surface area contributed by atoms with Crippen LogP contribution in [-0.4, -0.2) is 42.2 Å². The van der Waals surface area contributed by atoms with Gasteiger partial charge in [-0.3, -0.25) is 9.59 Å². The van der Waals surface area contributed by atoms with Crippen LogP contribution in [0.3, 0.4) is 0 Å². The number of hydrogen-bond acceptors (Lipinski definition) is 8. The minimum atomic E-state index is -0.986. The number of carbonyl (C=O) groups excluding carboxylic acids is 2. The molecule has 0 saturated carbocycles. The Morgan fingerprint density at radius 3 is 2.00 bits per heavy atom. The highest BCUT2D eigenvalue weighted by Crippen LogP contribution is 2.52. The Bertz CT molecular complexity index is 1940. The SMILES string of the molecule is CC(C)=CCc1c(O)ccc(C(=O)[C@@H]2[C@@H](c3ccc(O)cc3)CC(C)=C[C@H]2c2c(O)ccc(C(=O)/C=C/c3ccc(O)cc3)c2O)c1O. The molecule has 5 rings (SSSR count). The first-order valence-electron chi connectivity index (χ1n) is 15.6. The van der Waals surface area contributed by atoms with Crippen LogP contribution >= 0.6 is 0 Å². The van der Waals surface area contributed by atoms with E-state index in [2.05, 4.69) is 0 Å². The third-order valence-electron chi connectivity index (χ3n) is 8.80. The van der Waals surface area contributed by atoms with E-state index in [9.17, 15) is 40.2 Å². The highest BCUT2D eigenvalue weighted by molar-refractivity contribution is 6.09. The molecule has 0 aromatic heterocycles. The van der Waals surface area contributed by atoms with Gasteiger partial charge in [0.2, 0.25) is 0 Å². The molecule has 4 aromatic carbocycles. The first-order chi connectivity index (χ1) is 22.8. The topological polar surface area (TPSA) is 156 Å². The largest absolute Gasteiger partial charge is 0.508 e. The predicted molar refractivity (Wildman–Crippen MR) is 184 cm³/mol. The molecule has 3 atom stereocenters. The molecule has 8 heteroatoms. The van der Waals surface area contributed by atoms with Gasteiger partial charge >= 0.3 is 0 Å². The monoisotopic (exact) mass is 646 g/mol. The molecular weight excluding hydrogens is 608 g/mol. The van der Waals surface area contributed by atoms with Crippen molar-refractivity contribution < 1.29 is 40.2 Å². The fourth-order valence-electron chi connectivity index (χ4n) is 6.34. The van der Waals surface area contributed by atoms with E-state index >= 15 is 0 Å². The molecule has 0 spiro atoms. The lowest BCUT2D eigenvalue weighted by Crippen LogP contribution is -2.31. The van der Waals surface area contributed by atoms with Crippen molar-refractivity contribution in [1.82, 2.24) is 0 Å². The van der Waals surface area contributed by atoms with Crippen LogP contribution in [0, 0.1) is 5.92 Å².